The van der Waals surface area contributed by atoms with Crippen LogP contribution in [0.3, 0.4) is 0 Å². The molecule has 1 aromatic carbocycles. The molecule has 0 radical (unpaired) electrons. The number of aryl methyl sites for hydroxylation is 2. The maximum absolute atomic E-state index is 2.60. The first kappa shape index (κ1) is 12.1. The van der Waals surface area contributed by atoms with Crippen LogP contribution in [0.1, 0.15) is 48.2 Å². The summed E-state index contributed by atoms with van der Waals surface area (Å²) >= 11 is 0. The summed E-state index contributed by atoms with van der Waals surface area (Å²) in [6.07, 6.45) is 10.5. The molecule has 2 aromatic rings. The molecule has 1 heterocycles. The lowest BCUT2D eigenvalue weighted by atomic mass is 9.88. The molecule has 0 spiro atoms. The van der Waals surface area contributed by atoms with E-state index in [1.165, 1.54) is 57.1 Å². The van der Waals surface area contributed by atoms with E-state index in [0.717, 1.165) is 0 Å². The summed E-state index contributed by atoms with van der Waals surface area (Å²) in [7, 11) is 0. The Morgan fingerprint density at radius 2 is 1.20 bits per heavy atom. The van der Waals surface area contributed by atoms with Gasteiger partial charge in [-0.15, -0.1) is 0 Å². The molecule has 1 aromatic heterocycles. The van der Waals surface area contributed by atoms with Crippen LogP contribution in [-0.2, 0) is 25.7 Å². The van der Waals surface area contributed by atoms with Crippen LogP contribution in [-0.4, -0.2) is 0 Å². The van der Waals surface area contributed by atoms with E-state index >= 15 is 0 Å². The van der Waals surface area contributed by atoms with Crippen molar-refractivity contribution in [2.45, 2.75) is 51.4 Å². The molecule has 0 aliphatic heterocycles. The quantitative estimate of drug-likeness (QED) is 0.691. The molecule has 102 valence electrons. The van der Waals surface area contributed by atoms with Gasteiger partial charge in [-0.2, -0.15) is 4.57 Å². The number of pyridine rings is 1. The molecule has 0 saturated heterocycles. The molecule has 2 aliphatic rings. The fourth-order valence-electron chi connectivity index (χ4n) is 3.91. The van der Waals surface area contributed by atoms with Gasteiger partial charge in [0.15, 0.2) is 11.4 Å². The molecule has 0 atom stereocenters. The molecule has 1 nitrogen and oxygen atoms in total. The van der Waals surface area contributed by atoms with Crippen LogP contribution in [0.2, 0.25) is 0 Å². The summed E-state index contributed by atoms with van der Waals surface area (Å²) in [6, 6.07) is 13.5. The van der Waals surface area contributed by atoms with Crippen LogP contribution in [0.25, 0.3) is 5.69 Å². The van der Waals surface area contributed by atoms with Gasteiger partial charge in [-0.25, -0.2) is 0 Å². The molecular weight excluding hydrogens is 242 g/mol. The Balaban J connectivity index is 1.98. The molecule has 0 saturated carbocycles. The fraction of sp³-hybridized carbons (Fsp3) is 0.421. The van der Waals surface area contributed by atoms with Crippen molar-refractivity contribution in [3.63, 3.8) is 0 Å². The van der Waals surface area contributed by atoms with Crippen molar-refractivity contribution in [2.24, 2.45) is 0 Å². The van der Waals surface area contributed by atoms with Gasteiger partial charge < -0.3 is 0 Å². The smallest absolute Gasteiger partial charge is 0.161 e. The lowest BCUT2D eigenvalue weighted by Gasteiger charge is -2.21. The predicted molar refractivity (Wildman–Crippen MR) is 81.3 cm³/mol. The molecule has 0 amide bonds. The van der Waals surface area contributed by atoms with E-state index in [2.05, 4.69) is 41.0 Å². The van der Waals surface area contributed by atoms with Crippen molar-refractivity contribution in [3.05, 3.63) is 58.9 Å². The van der Waals surface area contributed by atoms with Crippen LogP contribution in [0.5, 0.6) is 0 Å². The Bertz CT molecular complexity index is 594. The molecule has 0 fully saturated rings. The molecule has 0 N–H and O–H groups in total. The first-order valence-corrected chi connectivity index (χ1v) is 8.07. The first-order chi connectivity index (χ1) is 9.93. The maximum atomic E-state index is 2.60. The summed E-state index contributed by atoms with van der Waals surface area (Å²) in [6.45, 7) is 0. The molecule has 2 aliphatic carbocycles. The second-order valence-corrected chi connectivity index (χ2v) is 6.17. The minimum atomic E-state index is 1.25. The molecule has 0 bridgehead atoms. The number of benzene rings is 1. The third-order valence-corrected chi connectivity index (χ3v) is 4.86. The summed E-state index contributed by atoms with van der Waals surface area (Å²) in [4.78, 5) is 0. The number of para-hydroxylation sites is 1. The van der Waals surface area contributed by atoms with E-state index in [9.17, 15) is 0 Å². The minimum absolute atomic E-state index is 1.25. The number of rotatable bonds is 1. The van der Waals surface area contributed by atoms with Gasteiger partial charge >= 0.3 is 0 Å². The third kappa shape index (κ3) is 1.96. The topological polar surface area (TPSA) is 3.88 Å². The number of nitrogens with zero attached hydrogens (tertiary/aromatic N) is 1. The number of hydrogen-bond donors (Lipinski definition) is 0. The molecule has 4 rings (SSSR count). The zero-order valence-electron chi connectivity index (χ0n) is 12.1. The highest BCUT2D eigenvalue weighted by molar-refractivity contribution is 5.33. The van der Waals surface area contributed by atoms with Crippen LogP contribution in [0.15, 0.2) is 36.4 Å². The summed E-state index contributed by atoms with van der Waals surface area (Å²) in [5.41, 5.74) is 7.76. The van der Waals surface area contributed by atoms with E-state index in [1.54, 1.807) is 22.5 Å². The number of aromatic nitrogens is 1. The Labute approximate surface area is 121 Å². The van der Waals surface area contributed by atoms with E-state index in [0.29, 0.717) is 0 Å². The van der Waals surface area contributed by atoms with Crippen molar-refractivity contribution in [3.8, 4) is 5.69 Å². The van der Waals surface area contributed by atoms with Crippen molar-refractivity contribution in [2.75, 3.05) is 0 Å². The van der Waals surface area contributed by atoms with Crippen molar-refractivity contribution < 1.29 is 4.57 Å². The predicted octanol–water partition coefficient (Wildman–Crippen LogP) is 3.72. The van der Waals surface area contributed by atoms with Gasteiger partial charge in [-0.3, -0.25) is 0 Å². The third-order valence-electron chi connectivity index (χ3n) is 4.86. The highest BCUT2D eigenvalue weighted by Crippen LogP contribution is 2.27. The number of hydrogen-bond acceptors (Lipinski definition) is 0. The second-order valence-electron chi connectivity index (χ2n) is 6.17. The van der Waals surface area contributed by atoms with Crippen LogP contribution in [0.4, 0.5) is 0 Å². The highest BCUT2D eigenvalue weighted by atomic mass is 15.0. The molecule has 0 unspecified atom stereocenters. The molecular formula is C19H22N+. The standard InChI is InChI=1S/C19H22N/c1-2-10-17(11-3-1)20-18-12-6-4-8-15(18)14-16-9-5-7-13-19(16)20/h1-3,10-11,14H,4-9,12-13H2/q+1. The van der Waals surface area contributed by atoms with E-state index < -0.39 is 0 Å². The van der Waals surface area contributed by atoms with Crippen molar-refractivity contribution >= 4 is 0 Å². The average Bonchev–Trinajstić information content (AvgIpc) is 2.53. The second kappa shape index (κ2) is 5.05. The van der Waals surface area contributed by atoms with Gasteiger partial charge in [0, 0.05) is 36.1 Å². The van der Waals surface area contributed by atoms with Gasteiger partial charge in [0.1, 0.15) is 0 Å². The van der Waals surface area contributed by atoms with Crippen LogP contribution >= 0.6 is 0 Å². The van der Waals surface area contributed by atoms with E-state index in [1.807, 2.05) is 0 Å². The Morgan fingerprint density at radius 3 is 1.80 bits per heavy atom. The maximum Gasteiger partial charge on any atom is 0.211 e. The molecule has 20 heavy (non-hydrogen) atoms. The normalized spacial score (nSPS) is 17.4. The zero-order chi connectivity index (χ0) is 13.4. The van der Waals surface area contributed by atoms with E-state index in [4.69, 9.17) is 0 Å². The van der Waals surface area contributed by atoms with Crippen molar-refractivity contribution in [1.82, 2.24) is 0 Å². The molecule has 1 heteroatoms. The van der Waals surface area contributed by atoms with Gasteiger partial charge in [-0.1, -0.05) is 18.2 Å². The first-order valence-electron chi connectivity index (χ1n) is 8.07. The summed E-state index contributed by atoms with van der Waals surface area (Å²) < 4.78 is 2.60. The van der Waals surface area contributed by atoms with E-state index in [-0.39, 0.29) is 0 Å². The van der Waals surface area contributed by atoms with Crippen LogP contribution in [0, 0.1) is 0 Å². The number of fused-ring (bicyclic) bond motifs is 2. The monoisotopic (exact) mass is 264 g/mol. The minimum Gasteiger partial charge on any atom is -0.161 e. The lowest BCUT2D eigenvalue weighted by molar-refractivity contribution is -0.614. The Kier molecular flexibility index (Phi) is 3.06. The van der Waals surface area contributed by atoms with Crippen molar-refractivity contribution in [1.29, 1.82) is 0 Å². The zero-order valence-corrected chi connectivity index (χ0v) is 12.1. The largest absolute Gasteiger partial charge is 0.211 e. The lowest BCUT2D eigenvalue weighted by Crippen LogP contribution is -2.44. The average molecular weight is 264 g/mol. The van der Waals surface area contributed by atoms with Gasteiger partial charge in [-0.05, 0) is 44.6 Å². The SMILES string of the molecule is c1ccc(-[n+]2c3c(cc4c2CCCC4)CCCC3)cc1. The van der Waals surface area contributed by atoms with Gasteiger partial charge in [0.2, 0.25) is 5.69 Å². The fourth-order valence-corrected chi connectivity index (χ4v) is 3.91. The Morgan fingerprint density at radius 1 is 0.650 bits per heavy atom. The van der Waals surface area contributed by atoms with Gasteiger partial charge in [0.05, 0.1) is 0 Å². The Hall–Kier alpha value is -1.63. The highest BCUT2D eigenvalue weighted by Gasteiger charge is 2.29. The van der Waals surface area contributed by atoms with Crippen LogP contribution < -0.4 is 4.57 Å². The summed E-state index contributed by atoms with van der Waals surface area (Å²) in [5.74, 6) is 0. The van der Waals surface area contributed by atoms with Gasteiger partial charge in [0.25, 0.3) is 0 Å². The summed E-state index contributed by atoms with van der Waals surface area (Å²) in [5, 5.41) is 0.